The van der Waals surface area contributed by atoms with Gasteiger partial charge in [-0.15, -0.1) is 11.3 Å². The fourth-order valence-corrected chi connectivity index (χ4v) is 3.62. The first-order valence-corrected chi connectivity index (χ1v) is 9.39. The number of aromatic nitrogens is 1. The maximum absolute atomic E-state index is 11.2. The van der Waals surface area contributed by atoms with Crippen molar-refractivity contribution in [2.24, 2.45) is 11.7 Å². The topological polar surface area (TPSA) is 96.5 Å². The van der Waals surface area contributed by atoms with E-state index < -0.39 is 12.1 Å². The van der Waals surface area contributed by atoms with E-state index in [1.54, 1.807) is 11.3 Å². The van der Waals surface area contributed by atoms with Crippen LogP contribution in [0.2, 0.25) is 5.02 Å². The summed E-state index contributed by atoms with van der Waals surface area (Å²) in [5.41, 5.74) is 7.33. The van der Waals surface area contributed by atoms with Crippen LogP contribution >= 0.6 is 22.9 Å². The minimum Gasteiger partial charge on any atom is -0.475 e. The Morgan fingerprint density at radius 2 is 1.89 bits per heavy atom. The van der Waals surface area contributed by atoms with Crippen LogP contribution in [-0.2, 0) is 9.59 Å². The number of aliphatic carboxylic acids is 1. The summed E-state index contributed by atoms with van der Waals surface area (Å²) in [5.74, 6) is -2.94. The Balaban J connectivity index is 0.000000345. The number of carboxylic acids is 1. The van der Waals surface area contributed by atoms with Gasteiger partial charge in [0, 0.05) is 35.0 Å². The van der Waals surface area contributed by atoms with Gasteiger partial charge in [0.25, 0.3) is 0 Å². The van der Waals surface area contributed by atoms with E-state index in [-0.39, 0.29) is 11.8 Å². The van der Waals surface area contributed by atoms with Gasteiger partial charge < -0.3 is 15.7 Å². The Morgan fingerprint density at radius 3 is 2.39 bits per heavy atom. The molecule has 2 aromatic rings. The average molecular weight is 436 g/mol. The number of nitrogens with zero attached hydrogens (tertiary/aromatic N) is 2. The van der Waals surface area contributed by atoms with Gasteiger partial charge in [0.05, 0.1) is 5.69 Å². The molecule has 28 heavy (non-hydrogen) atoms. The van der Waals surface area contributed by atoms with Crippen LogP contribution in [0, 0.1) is 5.92 Å². The fourth-order valence-electron chi connectivity index (χ4n) is 2.55. The van der Waals surface area contributed by atoms with Gasteiger partial charge in [-0.1, -0.05) is 23.7 Å². The molecule has 0 saturated carbocycles. The zero-order valence-corrected chi connectivity index (χ0v) is 16.0. The molecule has 1 fully saturated rings. The van der Waals surface area contributed by atoms with Crippen molar-refractivity contribution in [1.29, 1.82) is 0 Å². The van der Waals surface area contributed by atoms with E-state index in [4.69, 9.17) is 27.2 Å². The monoisotopic (exact) mass is 435 g/mol. The van der Waals surface area contributed by atoms with Crippen LogP contribution in [0.25, 0.3) is 11.3 Å². The van der Waals surface area contributed by atoms with E-state index in [1.807, 2.05) is 29.6 Å². The summed E-state index contributed by atoms with van der Waals surface area (Å²) in [5, 5.41) is 10.9. The molecule has 1 aliphatic rings. The second-order valence-corrected chi connectivity index (χ2v) is 7.27. The number of hydrogen-bond acceptors (Lipinski definition) is 5. The lowest BCUT2D eigenvalue weighted by Gasteiger charge is -2.30. The normalized spacial score (nSPS) is 14.9. The highest BCUT2D eigenvalue weighted by atomic mass is 35.5. The first-order valence-electron chi connectivity index (χ1n) is 8.13. The number of alkyl halides is 3. The molecule has 1 saturated heterocycles. The van der Waals surface area contributed by atoms with Gasteiger partial charge in [-0.2, -0.15) is 13.2 Å². The van der Waals surface area contributed by atoms with Crippen LogP contribution in [0.15, 0.2) is 29.6 Å². The summed E-state index contributed by atoms with van der Waals surface area (Å²) in [6, 6.07) is 7.70. The third kappa shape index (κ3) is 6.10. The molecule has 11 heteroatoms. The SMILES string of the molecule is NC(=O)C1CCN(c2nc(-c3cccc(Cl)c3)cs2)CC1.O=C(O)C(F)(F)F. The third-order valence-electron chi connectivity index (χ3n) is 4.02. The van der Waals surface area contributed by atoms with Crippen molar-refractivity contribution in [2.75, 3.05) is 18.0 Å². The Labute approximate surface area is 167 Å². The van der Waals surface area contributed by atoms with Crippen LogP contribution in [0.5, 0.6) is 0 Å². The molecule has 1 aromatic heterocycles. The molecule has 1 aromatic carbocycles. The lowest BCUT2D eigenvalue weighted by molar-refractivity contribution is -0.192. The minimum atomic E-state index is -5.08. The van der Waals surface area contributed by atoms with Gasteiger partial charge in [0.15, 0.2) is 5.13 Å². The summed E-state index contributed by atoms with van der Waals surface area (Å²) in [4.78, 5) is 27.0. The fraction of sp³-hybridized carbons (Fsp3) is 0.353. The summed E-state index contributed by atoms with van der Waals surface area (Å²) < 4.78 is 31.7. The smallest absolute Gasteiger partial charge is 0.475 e. The molecular formula is C17H17ClF3N3O3S. The first-order chi connectivity index (χ1) is 13.1. The summed E-state index contributed by atoms with van der Waals surface area (Å²) in [6.45, 7) is 1.66. The number of rotatable bonds is 3. The van der Waals surface area contributed by atoms with E-state index in [9.17, 15) is 18.0 Å². The summed E-state index contributed by atoms with van der Waals surface area (Å²) in [6.07, 6.45) is -3.47. The molecule has 1 aliphatic heterocycles. The standard InChI is InChI=1S/C15H16ClN3OS.C2HF3O2/c16-12-3-1-2-11(8-12)13-9-21-15(18-13)19-6-4-10(5-7-19)14(17)20;3-2(4,5)1(6)7/h1-3,8-10H,4-7H2,(H2,17,20);(H,6,7). The van der Waals surface area contributed by atoms with E-state index in [1.165, 1.54) is 0 Å². The van der Waals surface area contributed by atoms with Gasteiger partial charge in [-0.25, -0.2) is 9.78 Å². The Hall–Kier alpha value is -2.33. The second kappa shape index (κ2) is 9.24. The predicted molar refractivity (Wildman–Crippen MR) is 100 cm³/mol. The highest BCUT2D eigenvalue weighted by Gasteiger charge is 2.38. The van der Waals surface area contributed by atoms with Crippen LogP contribution < -0.4 is 10.6 Å². The van der Waals surface area contributed by atoms with Gasteiger partial charge in [0.2, 0.25) is 5.91 Å². The molecule has 1 amide bonds. The lowest BCUT2D eigenvalue weighted by Crippen LogP contribution is -2.38. The number of primary amides is 1. The number of halogens is 4. The third-order valence-corrected chi connectivity index (χ3v) is 5.16. The molecule has 152 valence electrons. The van der Waals surface area contributed by atoms with E-state index in [0.29, 0.717) is 5.02 Å². The van der Waals surface area contributed by atoms with E-state index in [0.717, 1.165) is 42.3 Å². The van der Waals surface area contributed by atoms with E-state index in [2.05, 4.69) is 9.88 Å². The van der Waals surface area contributed by atoms with Crippen molar-refractivity contribution in [2.45, 2.75) is 19.0 Å². The van der Waals surface area contributed by atoms with Crippen LogP contribution in [0.4, 0.5) is 18.3 Å². The summed E-state index contributed by atoms with van der Waals surface area (Å²) in [7, 11) is 0. The average Bonchev–Trinajstić information content (AvgIpc) is 3.11. The predicted octanol–water partition coefficient (Wildman–Crippen LogP) is 3.80. The largest absolute Gasteiger partial charge is 0.490 e. The second-order valence-electron chi connectivity index (χ2n) is 5.99. The van der Waals surface area contributed by atoms with Crippen LogP contribution in [0.3, 0.4) is 0 Å². The number of carbonyl (C=O) groups is 2. The van der Waals surface area contributed by atoms with Crippen molar-refractivity contribution in [3.63, 3.8) is 0 Å². The number of benzene rings is 1. The maximum atomic E-state index is 11.2. The summed E-state index contributed by atoms with van der Waals surface area (Å²) >= 11 is 7.64. The molecule has 0 atom stereocenters. The van der Waals surface area contributed by atoms with Crippen molar-refractivity contribution < 1.29 is 27.9 Å². The number of thiazole rings is 1. The number of carbonyl (C=O) groups excluding carboxylic acids is 1. The van der Waals surface area contributed by atoms with Gasteiger partial charge >= 0.3 is 12.1 Å². The van der Waals surface area contributed by atoms with Crippen molar-refractivity contribution in [3.05, 3.63) is 34.7 Å². The highest BCUT2D eigenvalue weighted by Crippen LogP contribution is 2.31. The molecule has 0 radical (unpaired) electrons. The maximum Gasteiger partial charge on any atom is 0.490 e. The van der Waals surface area contributed by atoms with E-state index >= 15 is 0 Å². The molecule has 0 aliphatic carbocycles. The van der Waals surface area contributed by atoms with Crippen LogP contribution in [0.1, 0.15) is 12.8 Å². The first kappa shape index (κ1) is 22.0. The number of anilines is 1. The number of amides is 1. The number of piperidine rings is 1. The number of nitrogens with two attached hydrogens (primary N) is 1. The minimum absolute atomic E-state index is 0.00797. The van der Waals surface area contributed by atoms with Crippen molar-refractivity contribution >= 4 is 39.9 Å². The van der Waals surface area contributed by atoms with Crippen molar-refractivity contribution in [3.8, 4) is 11.3 Å². The molecular weight excluding hydrogens is 419 g/mol. The Morgan fingerprint density at radius 1 is 1.29 bits per heavy atom. The quantitative estimate of drug-likeness (QED) is 0.764. The van der Waals surface area contributed by atoms with Gasteiger partial charge in [-0.05, 0) is 25.0 Å². The Kier molecular flexibility index (Phi) is 7.25. The zero-order valence-electron chi connectivity index (χ0n) is 14.4. The number of carboxylic acid groups (broad SMARTS) is 1. The highest BCUT2D eigenvalue weighted by molar-refractivity contribution is 7.14. The molecule has 3 rings (SSSR count). The van der Waals surface area contributed by atoms with Gasteiger partial charge in [0.1, 0.15) is 0 Å². The molecule has 0 spiro atoms. The molecule has 6 nitrogen and oxygen atoms in total. The van der Waals surface area contributed by atoms with Crippen molar-refractivity contribution in [1.82, 2.24) is 4.98 Å². The molecule has 3 N–H and O–H groups in total. The van der Waals surface area contributed by atoms with Gasteiger partial charge in [-0.3, -0.25) is 4.79 Å². The molecule has 2 heterocycles. The molecule has 0 unspecified atom stereocenters. The Bertz CT molecular complexity index is 836. The lowest BCUT2D eigenvalue weighted by atomic mass is 9.97. The zero-order chi connectivity index (χ0) is 20.9. The molecule has 0 bridgehead atoms. The number of hydrogen-bond donors (Lipinski definition) is 2. The van der Waals surface area contributed by atoms with Crippen LogP contribution in [-0.4, -0.2) is 41.2 Å².